The van der Waals surface area contributed by atoms with E-state index in [-0.39, 0.29) is 5.91 Å². The first-order valence-corrected chi connectivity index (χ1v) is 7.09. The molecule has 0 saturated heterocycles. The number of rotatable bonds is 5. The van der Waals surface area contributed by atoms with Gasteiger partial charge in [-0.05, 0) is 49.1 Å². The summed E-state index contributed by atoms with van der Waals surface area (Å²) in [5.41, 5.74) is 4.24. The van der Waals surface area contributed by atoms with Crippen molar-refractivity contribution in [3.8, 4) is 5.75 Å². The molecule has 0 saturated carbocycles. The Hall–Kier alpha value is -2.29. The first-order chi connectivity index (χ1) is 10.1. The zero-order valence-corrected chi connectivity index (χ0v) is 12.8. The predicted octanol–water partition coefficient (Wildman–Crippen LogP) is 3.88. The number of para-hydroxylation sites is 1. The minimum atomic E-state index is 0.0446. The maximum Gasteiger partial charge on any atom is 0.224 e. The summed E-state index contributed by atoms with van der Waals surface area (Å²) in [6.07, 6.45) is 1.20. The van der Waals surface area contributed by atoms with Gasteiger partial charge in [0.2, 0.25) is 5.91 Å². The summed E-state index contributed by atoms with van der Waals surface area (Å²) in [7, 11) is 1.65. The van der Waals surface area contributed by atoms with Crippen LogP contribution < -0.4 is 10.1 Å². The Labute approximate surface area is 126 Å². The van der Waals surface area contributed by atoms with E-state index in [9.17, 15) is 4.79 Å². The third-order valence-electron chi connectivity index (χ3n) is 3.55. The Morgan fingerprint density at radius 2 is 1.67 bits per heavy atom. The summed E-state index contributed by atoms with van der Waals surface area (Å²) < 4.78 is 5.12. The number of ether oxygens (including phenoxy) is 1. The molecule has 21 heavy (non-hydrogen) atoms. The van der Waals surface area contributed by atoms with E-state index >= 15 is 0 Å². The molecule has 0 aromatic heterocycles. The van der Waals surface area contributed by atoms with Crippen molar-refractivity contribution >= 4 is 11.6 Å². The lowest BCUT2D eigenvalue weighted by Gasteiger charge is -2.11. The Bertz CT molecular complexity index is 597. The average molecular weight is 283 g/mol. The van der Waals surface area contributed by atoms with Crippen molar-refractivity contribution in [2.45, 2.75) is 26.7 Å². The second-order valence-electron chi connectivity index (χ2n) is 5.16. The van der Waals surface area contributed by atoms with Crippen LogP contribution in [0, 0.1) is 13.8 Å². The number of amides is 1. The number of methoxy groups -OCH3 is 1. The largest absolute Gasteiger partial charge is 0.497 e. The van der Waals surface area contributed by atoms with E-state index in [0.717, 1.165) is 34.5 Å². The van der Waals surface area contributed by atoms with Crippen molar-refractivity contribution in [1.29, 1.82) is 0 Å². The number of anilines is 1. The van der Waals surface area contributed by atoms with Crippen LogP contribution in [-0.4, -0.2) is 13.0 Å². The molecule has 2 rings (SSSR count). The fourth-order valence-electron chi connectivity index (χ4n) is 2.26. The highest BCUT2D eigenvalue weighted by Gasteiger charge is 2.07. The number of benzene rings is 2. The first kappa shape index (κ1) is 15.1. The highest BCUT2D eigenvalue weighted by Crippen LogP contribution is 2.20. The molecule has 0 bridgehead atoms. The van der Waals surface area contributed by atoms with Crippen LogP contribution >= 0.6 is 0 Å². The SMILES string of the molecule is COc1ccc(CCC(=O)Nc2c(C)cccc2C)cc1. The van der Waals surface area contributed by atoms with E-state index in [1.807, 2.05) is 56.3 Å². The van der Waals surface area contributed by atoms with Gasteiger partial charge in [0.1, 0.15) is 5.75 Å². The fraction of sp³-hybridized carbons (Fsp3) is 0.278. The lowest BCUT2D eigenvalue weighted by molar-refractivity contribution is -0.116. The molecule has 0 atom stereocenters. The van der Waals surface area contributed by atoms with Gasteiger partial charge >= 0.3 is 0 Å². The van der Waals surface area contributed by atoms with E-state index in [4.69, 9.17) is 4.74 Å². The van der Waals surface area contributed by atoms with Crippen molar-refractivity contribution in [2.75, 3.05) is 12.4 Å². The molecule has 1 amide bonds. The molecule has 0 radical (unpaired) electrons. The molecule has 1 N–H and O–H groups in total. The minimum absolute atomic E-state index is 0.0446. The quantitative estimate of drug-likeness (QED) is 0.904. The molecule has 0 aliphatic heterocycles. The maximum absolute atomic E-state index is 12.1. The van der Waals surface area contributed by atoms with Crippen LogP contribution in [0.25, 0.3) is 0 Å². The normalized spacial score (nSPS) is 10.2. The van der Waals surface area contributed by atoms with Crippen molar-refractivity contribution in [2.24, 2.45) is 0 Å². The van der Waals surface area contributed by atoms with Crippen molar-refractivity contribution < 1.29 is 9.53 Å². The summed E-state index contributed by atoms with van der Waals surface area (Å²) >= 11 is 0. The van der Waals surface area contributed by atoms with Crippen LogP contribution in [0.1, 0.15) is 23.1 Å². The van der Waals surface area contributed by atoms with E-state index in [1.54, 1.807) is 7.11 Å². The Morgan fingerprint density at radius 1 is 1.05 bits per heavy atom. The van der Waals surface area contributed by atoms with Gasteiger partial charge in [0, 0.05) is 12.1 Å². The van der Waals surface area contributed by atoms with Crippen molar-refractivity contribution in [3.05, 3.63) is 59.2 Å². The van der Waals surface area contributed by atoms with Crippen molar-refractivity contribution in [1.82, 2.24) is 0 Å². The third kappa shape index (κ3) is 4.09. The highest BCUT2D eigenvalue weighted by molar-refractivity contribution is 5.92. The van der Waals surface area contributed by atoms with Crippen molar-refractivity contribution in [3.63, 3.8) is 0 Å². The summed E-state index contributed by atoms with van der Waals surface area (Å²) in [6.45, 7) is 4.01. The van der Waals surface area contributed by atoms with Crippen LogP contribution in [0.5, 0.6) is 5.75 Å². The van der Waals surface area contributed by atoms with E-state index in [2.05, 4.69) is 5.32 Å². The van der Waals surface area contributed by atoms with Crippen LogP contribution in [0.2, 0.25) is 0 Å². The van der Waals surface area contributed by atoms with E-state index in [0.29, 0.717) is 6.42 Å². The van der Waals surface area contributed by atoms with Crippen LogP contribution in [0.3, 0.4) is 0 Å². The van der Waals surface area contributed by atoms with Gasteiger partial charge in [-0.1, -0.05) is 30.3 Å². The summed E-state index contributed by atoms with van der Waals surface area (Å²) in [5, 5.41) is 3.01. The molecule has 0 heterocycles. The number of carbonyl (C=O) groups is 1. The number of hydrogen-bond donors (Lipinski definition) is 1. The summed E-state index contributed by atoms with van der Waals surface area (Å²) in [6, 6.07) is 13.8. The van der Waals surface area contributed by atoms with Gasteiger partial charge in [-0.15, -0.1) is 0 Å². The molecule has 0 spiro atoms. The Kier molecular flexibility index (Phi) is 4.99. The average Bonchev–Trinajstić information content (AvgIpc) is 2.49. The fourth-order valence-corrected chi connectivity index (χ4v) is 2.26. The van der Waals surface area contributed by atoms with Gasteiger partial charge in [-0.2, -0.15) is 0 Å². The van der Waals surface area contributed by atoms with Crippen LogP contribution in [0.4, 0.5) is 5.69 Å². The van der Waals surface area contributed by atoms with Gasteiger partial charge in [0.25, 0.3) is 0 Å². The van der Waals surface area contributed by atoms with Gasteiger partial charge in [0.05, 0.1) is 7.11 Å². The molecule has 0 aliphatic carbocycles. The smallest absolute Gasteiger partial charge is 0.224 e. The molecule has 2 aromatic rings. The lowest BCUT2D eigenvalue weighted by Crippen LogP contribution is -2.14. The monoisotopic (exact) mass is 283 g/mol. The second-order valence-corrected chi connectivity index (χ2v) is 5.16. The summed E-state index contributed by atoms with van der Waals surface area (Å²) in [4.78, 5) is 12.1. The zero-order valence-electron chi connectivity index (χ0n) is 12.8. The number of carbonyl (C=O) groups excluding carboxylic acids is 1. The van der Waals surface area contributed by atoms with E-state index < -0.39 is 0 Å². The molecule has 0 fully saturated rings. The molecule has 0 aliphatic rings. The number of hydrogen-bond acceptors (Lipinski definition) is 2. The third-order valence-corrected chi connectivity index (χ3v) is 3.55. The number of aryl methyl sites for hydroxylation is 3. The summed E-state index contributed by atoms with van der Waals surface area (Å²) in [5.74, 6) is 0.877. The first-order valence-electron chi connectivity index (χ1n) is 7.09. The molecule has 110 valence electrons. The zero-order chi connectivity index (χ0) is 15.2. The predicted molar refractivity (Wildman–Crippen MR) is 85.9 cm³/mol. The van der Waals surface area contributed by atoms with Gasteiger partial charge in [-0.3, -0.25) is 4.79 Å². The van der Waals surface area contributed by atoms with Gasteiger partial charge in [0.15, 0.2) is 0 Å². The number of nitrogens with one attached hydrogen (secondary N) is 1. The van der Waals surface area contributed by atoms with Crippen LogP contribution in [-0.2, 0) is 11.2 Å². The molecular weight excluding hydrogens is 262 g/mol. The molecule has 3 nitrogen and oxygen atoms in total. The Balaban J connectivity index is 1.92. The molecule has 0 unspecified atom stereocenters. The molecule has 2 aromatic carbocycles. The van der Waals surface area contributed by atoms with Gasteiger partial charge in [-0.25, -0.2) is 0 Å². The van der Waals surface area contributed by atoms with Crippen LogP contribution in [0.15, 0.2) is 42.5 Å². The van der Waals surface area contributed by atoms with Gasteiger partial charge < -0.3 is 10.1 Å². The maximum atomic E-state index is 12.1. The molecular formula is C18H21NO2. The molecule has 3 heteroatoms. The standard InChI is InChI=1S/C18H21NO2/c1-13-5-4-6-14(2)18(13)19-17(20)12-9-15-7-10-16(21-3)11-8-15/h4-8,10-11H,9,12H2,1-3H3,(H,19,20). The topological polar surface area (TPSA) is 38.3 Å². The van der Waals surface area contributed by atoms with E-state index in [1.165, 1.54) is 0 Å². The lowest BCUT2D eigenvalue weighted by atomic mass is 10.1. The minimum Gasteiger partial charge on any atom is -0.497 e. The highest BCUT2D eigenvalue weighted by atomic mass is 16.5. The second kappa shape index (κ2) is 6.93. The Morgan fingerprint density at radius 3 is 2.24 bits per heavy atom.